The van der Waals surface area contributed by atoms with Crippen LogP contribution in [0.25, 0.3) is 11.5 Å². The maximum Gasteiger partial charge on any atom is 0.321 e. The number of hydrogen-bond donors (Lipinski definition) is 2. The molecule has 0 atom stereocenters. The molecule has 13 heteroatoms. The average molecular weight is 625 g/mol. The Morgan fingerprint density at radius 2 is 1.57 bits per heavy atom. The van der Waals surface area contributed by atoms with Gasteiger partial charge in [-0.05, 0) is 68.3 Å². The largest absolute Gasteiger partial charge is 0.423 e. The Bertz CT molecular complexity index is 1580. The highest BCUT2D eigenvalue weighted by Gasteiger charge is 2.26. The van der Waals surface area contributed by atoms with Crippen LogP contribution in [-0.2, 0) is 4.74 Å². The summed E-state index contributed by atoms with van der Waals surface area (Å²) in [4.78, 5) is 31.5. The topological polar surface area (TPSA) is 128 Å². The van der Waals surface area contributed by atoms with E-state index in [2.05, 4.69) is 64.8 Å². The van der Waals surface area contributed by atoms with Crippen LogP contribution in [0.2, 0.25) is 0 Å². The Balaban J connectivity index is 0.904. The van der Waals surface area contributed by atoms with E-state index >= 15 is 0 Å². The van der Waals surface area contributed by atoms with Crippen molar-refractivity contribution in [2.75, 3.05) is 86.0 Å². The zero-order valence-corrected chi connectivity index (χ0v) is 26.1. The highest BCUT2D eigenvalue weighted by atomic mass is 16.5. The first-order valence-corrected chi connectivity index (χ1v) is 16.0. The van der Waals surface area contributed by atoms with Gasteiger partial charge in [0.25, 0.3) is 0 Å². The predicted molar refractivity (Wildman–Crippen MR) is 177 cm³/mol. The van der Waals surface area contributed by atoms with Crippen molar-refractivity contribution >= 4 is 34.9 Å². The normalized spacial score (nSPS) is 18.1. The zero-order chi connectivity index (χ0) is 31.3. The van der Waals surface area contributed by atoms with Crippen LogP contribution >= 0.6 is 0 Å². The number of amides is 2. The van der Waals surface area contributed by atoms with Crippen molar-refractivity contribution in [2.24, 2.45) is 0 Å². The molecule has 5 heterocycles. The molecule has 13 nitrogen and oxygen atoms in total. The third-order valence-electron chi connectivity index (χ3n) is 9.07. The Hall–Kier alpha value is -4.75. The van der Waals surface area contributed by atoms with Crippen LogP contribution in [0.3, 0.4) is 0 Å². The van der Waals surface area contributed by atoms with Crippen molar-refractivity contribution in [3.8, 4) is 11.5 Å². The standard InChI is InChI=1S/C33H40N10O3/c1-24-22-34-32(36-26-6-8-28(9-7-26)40-12-10-29(11-13-40)41-18-20-45-21-19-41)38-30(24)42-14-16-43(17-15-42)33(44)37-27-4-2-25(3-5-27)31-39-35-23-46-31/h2-9,22-23,29H,10-21H2,1H3,(H,37,44)(H,34,36,38). The molecule has 240 valence electrons. The van der Waals surface area contributed by atoms with Crippen LogP contribution in [0, 0.1) is 6.92 Å². The van der Waals surface area contributed by atoms with Crippen LogP contribution in [-0.4, -0.2) is 108 Å². The number of rotatable bonds is 7. The molecule has 0 spiro atoms. The fourth-order valence-corrected chi connectivity index (χ4v) is 6.45. The first-order chi connectivity index (χ1) is 22.6. The van der Waals surface area contributed by atoms with Crippen LogP contribution in [0.4, 0.5) is 33.6 Å². The van der Waals surface area contributed by atoms with Crippen molar-refractivity contribution in [1.29, 1.82) is 0 Å². The van der Waals surface area contributed by atoms with Gasteiger partial charge in [0.2, 0.25) is 18.2 Å². The molecule has 3 aliphatic heterocycles. The van der Waals surface area contributed by atoms with Gasteiger partial charge in [0, 0.05) is 92.8 Å². The predicted octanol–water partition coefficient (Wildman–Crippen LogP) is 4.23. The van der Waals surface area contributed by atoms with Crippen LogP contribution in [0.1, 0.15) is 18.4 Å². The molecule has 4 aromatic rings. The molecule has 2 aromatic carbocycles. The van der Waals surface area contributed by atoms with Gasteiger partial charge in [0.1, 0.15) is 5.82 Å². The lowest BCUT2D eigenvalue weighted by Crippen LogP contribution is -2.50. The second-order valence-electron chi connectivity index (χ2n) is 12.0. The van der Waals surface area contributed by atoms with E-state index in [0.717, 1.165) is 62.0 Å². The minimum atomic E-state index is -0.128. The molecule has 46 heavy (non-hydrogen) atoms. The number of morpholine rings is 1. The summed E-state index contributed by atoms with van der Waals surface area (Å²) in [6.45, 7) is 10.5. The van der Waals surface area contributed by atoms with E-state index in [1.807, 2.05) is 42.3 Å². The number of carbonyl (C=O) groups excluding carboxylic acids is 1. The highest BCUT2D eigenvalue weighted by Crippen LogP contribution is 2.27. The number of anilines is 5. The summed E-state index contributed by atoms with van der Waals surface area (Å²) >= 11 is 0. The number of urea groups is 1. The summed E-state index contributed by atoms with van der Waals surface area (Å²) in [5, 5.41) is 14.0. The maximum atomic E-state index is 13.0. The number of carbonyl (C=O) groups is 1. The molecular weight excluding hydrogens is 584 g/mol. The number of piperazine rings is 1. The second kappa shape index (κ2) is 13.7. The number of benzene rings is 2. The summed E-state index contributed by atoms with van der Waals surface area (Å²) in [5.74, 6) is 1.88. The van der Waals surface area contributed by atoms with Gasteiger partial charge in [0.05, 0.1) is 13.2 Å². The smallest absolute Gasteiger partial charge is 0.321 e. The van der Waals surface area contributed by atoms with Crippen LogP contribution in [0.5, 0.6) is 0 Å². The summed E-state index contributed by atoms with van der Waals surface area (Å²) in [6, 6.07) is 16.4. The highest BCUT2D eigenvalue weighted by molar-refractivity contribution is 5.89. The number of aryl methyl sites for hydroxylation is 1. The van der Waals surface area contributed by atoms with Gasteiger partial charge in [-0.3, -0.25) is 4.90 Å². The summed E-state index contributed by atoms with van der Waals surface area (Å²) in [7, 11) is 0. The first-order valence-electron chi connectivity index (χ1n) is 16.0. The number of nitrogens with zero attached hydrogens (tertiary/aromatic N) is 8. The quantitative estimate of drug-likeness (QED) is 0.307. The van der Waals surface area contributed by atoms with Gasteiger partial charge >= 0.3 is 6.03 Å². The molecule has 0 radical (unpaired) electrons. The molecule has 3 saturated heterocycles. The SMILES string of the molecule is Cc1cnc(Nc2ccc(N3CCC(N4CCOCC4)CC3)cc2)nc1N1CCN(C(=O)Nc2ccc(-c3nnco3)cc2)CC1. The number of hydrogen-bond acceptors (Lipinski definition) is 11. The average Bonchev–Trinajstić information content (AvgIpc) is 3.66. The lowest BCUT2D eigenvalue weighted by atomic mass is 10.0. The molecule has 7 rings (SSSR count). The van der Waals surface area contributed by atoms with Gasteiger partial charge in [0.15, 0.2) is 0 Å². The third kappa shape index (κ3) is 6.90. The van der Waals surface area contributed by atoms with E-state index in [-0.39, 0.29) is 6.03 Å². The van der Waals surface area contributed by atoms with Gasteiger partial charge in [-0.15, -0.1) is 10.2 Å². The molecular formula is C33H40N10O3. The van der Waals surface area contributed by atoms with Crippen molar-refractivity contribution in [3.63, 3.8) is 0 Å². The minimum absolute atomic E-state index is 0.128. The lowest BCUT2D eigenvalue weighted by Gasteiger charge is -2.40. The van der Waals surface area contributed by atoms with E-state index in [4.69, 9.17) is 14.1 Å². The third-order valence-corrected chi connectivity index (χ3v) is 9.07. The molecule has 3 fully saturated rings. The van der Waals surface area contributed by atoms with Crippen LogP contribution < -0.4 is 20.4 Å². The molecule has 0 unspecified atom stereocenters. The molecule has 2 N–H and O–H groups in total. The minimum Gasteiger partial charge on any atom is -0.423 e. The maximum absolute atomic E-state index is 13.0. The number of nitrogens with one attached hydrogen (secondary N) is 2. The number of piperidine rings is 1. The fraction of sp³-hybridized carbons (Fsp3) is 0.424. The van der Waals surface area contributed by atoms with Crippen LogP contribution in [0.15, 0.2) is 65.5 Å². The van der Waals surface area contributed by atoms with E-state index in [1.54, 1.807) is 0 Å². The van der Waals surface area contributed by atoms with E-state index in [9.17, 15) is 4.79 Å². The number of aromatic nitrogens is 4. The monoisotopic (exact) mass is 624 g/mol. The van der Waals surface area contributed by atoms with Gasteiger partial charge in [-0.1, -0.05) is 0 Å². The van der Waals surface area contributed by atoms with E-state index in [1.165, 1.54) is 24.9 Å². The molecule has 0 bridgehead atoms. The molecule has 2 amide bonds. The van der Waals surface area contributed by atoms with Crippen molar-refractivity contribution in [3.05, 3.63) is 66.7 Å². The van der Waals surface area contributed by atoms with Gasteiger partial charge in [-0.25, -0.2) is 9.78 Å². The van der Waals surface area contributed by atoms with Gasteiger partial charge in [-0.2, -0.15) is 4.98 Å². The van der Waals surface area contributed by atoms with Crippen molar-refractivity contribution in [1.82, 2.24) is 30.0 Å². The Kier molecular flexibility index (Phi) is 8.92. The Morgan fingerprint density at radius 3 is 2.26 bits per heavy atom. The summed E-state index contributed by atoms with van der Waals surface area (Å²) in [5.41, 5.74) is 4.71. The van der Waals surface area contributed by atoms with Gasteiger partial charge < -0.3 is 34.5 Å². The van der Waals surface area contributed by atoms with E-state index < -0.39 is 0 Å². The zero-order valence-electron chi connectivity index (χ0n) is 26.1. The molecule has 0 saturated carbocycles. The van der Waals surface area contributed by atoms with Crippen molar-refractivity contribution < 1.29 is 13.9 Å². The molecule has 2 aromatic heterocycles. The second-order valence-corrected chi connectivity index (χ2v) is 12.0. The van der Waals surface area contributed by atoms with Crippen molar-refractivity contribution in [2.45, 2.75) is 25.8 Å². The summed E-state index contributed by atoms with van der Waals surface area (Å²) < 4.78 is 10.8. The Morgan fingerprint density at radius 1 is 0.848 bits per heavy atom. The Labute approximate surface area is 268 Å². The molecule has 0 aliphatic carbocycles. The number of ether oxygens (including phenoxy) is 1. The van der Waals surface area contributed by atoms with E-state index in [0.29, 0.717) is 49.7 Å². The summed E-state index contributed by atoms with van der Waals surface area (Å²) in [6.07, 6.45) is 5.53. The first kappa shape index (κ1) is 29.9. The molecule has 3 aliphatic rings. The fourth-order valence-electron chi connectivity index (χ4n) is 6.45. The lowest BCUT2D eigenvalue weighted by molar-refractivity contribution is 0.0115.